The van der Waals surface area contributed by atoms with Gasteiger partial charge in [0.05, 0.1) is 17.1 Å². The van der Waals surface area contributed by atoms with Crippen LogP contribution in [0.25, 0.3) is 0 Å². The third-order valence-electron chi connectivity index (χ3n) is 5.65. The predicted molar refractivity (Wildman–Crippen MR) is 137 cm³/mol. The molecule has 8 heteroatoms. The summed E-state index contributed by atoms with van der Waals surface area (Å²) in [6.45, 7) is 4.00. The first-order chi connectivity index (χ1) is 16.3. The zero-order valence-electron chi connectivity index (χ0n) is 19.7. The van der Waals surface area contributed by atoms with Crippen LogP contribution in [-0.4, -0.2) is 30.3 Å². The molecular formula is C26H33ClN4O3. The zero-order chi connectivity index (χ0) is 24.5. The molecule has 0 atom stereocenters. The van der Waals surface area contributed by atoms with Gasteiger partial charge in [-0.05, 0) is 61.2 Å². The maximum atomic E-state index is 12.7. The van der Waals surface area contributed by atoms with Crippen molar-refractivity contribution in [1.82, 2.24) is 5.32 Å². The fraction of sp³-hybridized carbons (Fsp3) is 0.423. The number of carbonyl (C=O) groups is 3. The molecule has 1 aliphatic rings. The van der Waals surface area contributed by atoms with Crippen LogP contribution in [0.1, 0.15) is 62.7 Å². The Hall–Kier alpha value is -3.06. The predicted octanol–water partition coefficient (Wildman–Crippen LogP) is 5.44. The number of rotatable bonds is 9. The van der Waals surface area contributed by atoms with Gasteiger partial charge in [0, 0.05) is 29.5 Å². The highest BCUT2D eigenvalue weighted by atomic mass is 35.5. The summed E-state index contributed by atoms with van der Waals surface area (Å²) in [4.78, 5) is 36.9. The van der Waals surface area contributed by atoms with E-state index in [1.54, 1.807) is 42.5 Å². The van der Waals surface area contributed by atoms with E-state index in [2.05, 4.69) is 21.3 Å². The van der Waals surface area contributed by atoms with Crippen molar-refractivity contribution in [3.8, 4) is 0 Å². The zero-order valence-corrected chi connectivity index (χ0v) is 20.5. The average molecular weight is 485 g/mol. The van der Waals surface area contributed by atoms with Crippen molar-refractivity contribution in [3.05, 3.63) is 53.1 Å². The lowest BCUT2D eigenvalue weighted by molar-refractivity contribution is -0.117. The molecule has 7 nitrogen and oxygen atoms in total. The highest BCUT2D eigenvalue weighted by molar-refractivity contribution is 6.34. The van der Waals surface area contributed by atoms with Gasteiger partial charge in [-0.25, -0.2) is 0 Å². The topological polar surface area (TPSA) is 99.3 Å². The highest BCUT2D eigenvalue weighted by Gasteiger charge is 2.18. The van der Waals surface area contributed by atoms with E-state index in [0.29, 0.717) is 34.1 Å². The first-order valence-corrected chi connectivity index (χ1v) is 12.2. The monoisotopic (exact) mass is 484 g/mol. The Balaban J connectivity index is 1.50. The molecule has 0 aromatic heterocycles. The molecule has 1 saturated carbocycles. The average Bonchev–Trinajstić information content (AvgIpc) is 2.80. The third kappa shape index (κ3) is 8.06. The van der Waals surface area contributed by atoms with Crippen molar-refractivity contribution in [2.24, 2.45) is 5.92 Å². The van der Waals surface area contributed by atoms with E-state index >= 15 is 0 Å². The molecule has 0 radical (unpaired) electrons. The van der Waals surface area contributed by atoms with Crippen LogP contribution in [0.15, 0.2) is 42.5 Å². The van der Waals surface area contributed by atoms with Gasteiger partial charge >= 0.3 is 0 Å². The van der Waals surface area contributed by atoms with Gasteiger partial charge in [0.1, 0.15) is 0 Å². The summed E-state index contributed by atoms with van der Waals surface area (Å²) in [5, 5.41) is 12.1. The standard InChI is InChI=1S/C26H33ClN4O3/c1-17(2)14-24(32)29-19-8-10-20(11-9-19)30-25(33)16-28-21-12-13-23(27)22(15-21)26(34)31-18-6-4-3-5-7-18/h8-13,15,17-18,28H,3-7,14,16H2,1-2H3,(H,29,32)(H,30,33)(H,31,34). The first kappa shape index (κ1) is 25.6. The Labute approximate surface area is 206 Å². The van der Waals surface area contributed by atoms with Crippen molar-refractivity contribution in [1.29, 1.82) is 0 Å². The molecule has 0 bridgehead atoms. The molecule has 1 aliphatic carbocycles. The van der Waals surface area contributed by atoms with Gasteiger partial charge in [0.15, 0.2) is 0 Å². The van der Waals surface area contributed by atoms with Gasteiger partial charge in [0.25, 0.3) is 5.91 Å². The smallest absolute Gasteiger partial charge is 0.253 e. The number of hydrogen-bond acceptors (Lipinski definition) is 4. The minimum Gasteiger partial charge on any atom is -0.376 e. The maximum Gasteiger partial charge on any atom is 0.253 e. The van der Waals surface area contributed by atoms with Gasteiger partial charge in [-0.15, -0.1) is 0 Å². The second kappa shape index (κ2) is 12.4. The van der Waals surface area contributed by atoms with Crippen LogP contribution in [0.2, 0.25) is 5.02 Å². The van der Waals surface area contributed by atoms with Crippen molar-refractivity contribution < 1.29 is 14.4 Å². The molecule has 34 heavy (non-hydrogen) atoms. The molecule has 0 saturated heterocycles. The van der Waals surface area contributed by atoms with Gasteiger partial charge in [-0.1, -0.05) is 44.7 Å². The second-order valence-corrected chi connectivity index (χ2v) is 9.54. The lowest BCUT2D eigenvalue weighted by Gasteiger charge is -2.23. The summed E-state index contributed by atoms with van der Waals surface area (Å²) in [5.74, 6) is -0.176. The minimum absolute atomic E-state index is 0.0260. The van der Waals surface area contributed by atoms with E-state index in [1.165, 1.54) is 6.42 Å². The Kier molecular flexibility index (Phi) is 9.33. The molecule has 1 fully saturated rings. The maximum absolute atomic E-state index is 12.7. The molecule has 3 rings (SSSR count). The van der Waals surface area contributed by atoms with E-state index in [-0.39, 0.29) is 36.2 Å². The number of anilines is 3. The van der Waals surface area contributed by atoms with Crippen molar-refractivity contribution in [2.75, 3.05) is 22.5 Å². The van der Waals surface area contributed by atoms with E-state index in [9.17, 15) is 14.4 Å². The molecule has 2 aromatic carbocycles. The molecule has 0 unspecified atom stereocenters. The first-order valence-electron chi connectivity index (χ1n) is 11.8. The number of amides is 3. The SMILES string of the molecule is CC(C)CC(=O)Nc1ccc(NC(=O)CNc2ccc(Cl)c(C(=O)NC3CCCCC3)c2)cc1. The molecule has 0 aliphatic heterocycles. The van der Waals surface area contributed by atoms with Crippen molar-refractivity contribution in [2.45, 2.75) is 58.4 Å². The van der Waals surface area contributed by atoms with Crippen LogP contribution in [0.3, 0.4) is 0 Å². The van der Waals surface area contributed by atoms with E-state index in [4.69, 9.17) is 11.6 Å². The van der Waals surface area contributed by atoms with Gasteiger partial charge in [-0.2, -0.15) is 0 Å². The van der Waals surface area contributed by atoms with E-state index in [1.807, 2.05) is 13.8 Å². The number of benzene rings is 2. The Morgan fingerprint density at radius 1 is 0.882 bits per heavy atom. The van der Waals surface area contributed by atoms with Crippen molar-refractivity contribution >= 4 is 46.4 Å². The number of nitrogens with one attached hydrogen (secondary N) is 4. The summed E-state index contributed by atoms with van der Waals surface area (Å²) < 4.78 is 0. The number of carbonyl (C=O) groups excluding carboxylic acids is 3. The molecule has 3 amide bonds. The van der Waals surface area contributed by atoms with Gasteiger partial charge in [0.2, 0.25) is 11.8 Å². The molecule has 2 aromatic rings. The fourth-order valence-corrected chi connectivity index (χ4v) is 4.13. The molecular weight excluding hydrogens is 452 g/mol. The van der Waals surface area contributed by atoms with E-state index < -0.39 is 0 Å². The number of halogens is 1. The molecule has 182 valence electrons. The Morgan fingerprint density at radius 2 is 1.47 bits per heavy atom. The Morgan fingerprint density at radius 3 is 2.09 bits per heavy atom. The second-order valence-electron chi connectivity index (χ2n) is 9.13. The van der Waals surface area contributed by atoms with Crippen LogP contribution in [-0.2, 0) is 9.59 Å². The van der Waals surface area contributed by atoms with Crippen molar-refractivity contribution in [3.63, 3.8) is 0 Å². The molecule has 0 heterocycles. The van der Waals surface area contributed by atoms with Gasteiger partial charge in [-0.3, -0.25) is 14.4 Å². The molecule has 0 spiro atoms. The summed E-state index contributed by atoms with van der Waals surface area (Å²) >= 11 is 6.25. The Bertz CT molecular complexity index is 1000. The third-order valence-corrected chi connectivity index (χ3v) is 5.98. The van der Waals surface area contributed by atoms with Crippen LogP contribution < -0.4 is 21.3 Å². The molecule has 4 N–H and O–H groups in total. The van der Waals surface area contributed by atoms with Crippen LogP contribution in [0.4, 0.5) is 17.1 Å². The summed E-state index contributed by atoms with van der Waals surface area (Å²) in [6, 6.07) is 12.2. The summed E-state index contributed by atoms with van der Waals surface area (Å²) in [5.41, 5.74) is 2.34. The fourth-order valence-electron chi connectivity index (χ4n) is 3.93. The summed E-state index contributed by atoms with van der Waals surface area (Å²) in [6.07, 6.45) is 5.92. The lowest BCUT2D eigenvalue weighted by atomic mass is 9.95. The summed E-state index contributed by atoms with van der Waals surface area (Å²) in [7, 11) is 0. The van der Waals surface area contributed by atoms with E-state index in [0.717, 1.165) is 25.7 Å². The van der Waals surface area contributed by atoms with Crippen LogP contribution in [0, 0.1) is 5.92 Å². The van der Waals surface area contributed by atoms with Crippen LogP contribution >= 0.6 is 11.6 Å². The largest absolute Gasteiger partial charge is 0.376 e. The van der Waals surface area contributed by atoms with Crippen LogP contribution in [0.5, 0.6) is 0 Å². The van der Waals surface area contributed by atoms with Gasteiger partial charge < -0.3 is 21.3 Å². The minimum atomic E-state index is -0.236. The quantitative estimate of drug-likeness (QED) is 0.381. The number of hydrogen-bond donors (Lipinski definition) is 4. The normalized spacial score (nSPS) is 13.9. The lowest BCUT2D eigenvalue weighted by Crippen LogP contribution is -2.36. The highest BCUT2D eigenvalue weighted by Crippen LogP contribution is 2.23.